The molecular weight excluding hydrogens is 307 g/mol. The van der Waals surface area contributed by atoms with Gasteiger partial charge in [0.1, 0.15) is 5.82 Å². The average molecular weight is 328 g/mol. The van der Waals surface area contributed by atoms with E-state index in [0.717, 1.165) is 5.56 Å². The number of nitrogens with zero attached hydrogens (tertiary/aromatic N) is 1. The van der Waals surface area contributed by atoms with E-state index in [9.17, 15) is 17.6 Å². The first-order valence-corrected chi connectivity index (χ1v) is 8.94. The molecule has 2 rings (SSSR count). The third kappa shape index (κ3) is 3.76. The molecule has 0 radical (unpaired) electrons. The maximum Gasteiger partial charge on any atom is 0.318 e. The summed E-state index contributed by atoms with van der Waals surface area (Å²) in [6.45, 7) is 3.63. The molecule has 1 aromatic carbocycles. The zero-order valence-electron chi connectivity index (χ0n) is 13.0. The van der Waals surface area contributed by atoms with E-state index >= 15 is 0 Å². The zero-order chi connectivity index (χ0) is 16.5. The largest absolute Gasteiger partial charge is 0.329 e. The van der Waals surface area contributed by atoms with Crippen LogP contribution in [-0.4, -0.2) is 43.9 Å². The lowest BCUT2D eigenvalue weighted by molar-refractivity contribution is 0.184. The monoisotopic (exact) mass is 328 g/mol. The quantitative estimate of drug-likeness (QED) is 0.921. The fourth-order valence-corrected chi connectivity index (χ4v) is 4.32. The fourth-order valence-electron chi connectivity index (χ4n) is 2.54. The number of benzene rings is 1. The van der Waals surface area contributed by atoms with Crippen molar-refractivity contribution in [3.8, 4) is 0 Å². The minimum atomic E-state index is -3.04. The second kappa shape index (κ2) is 5.87. The Kier molecular flexibility index (Phi) is 4.47. The highest BCUT2D eigenvalue weighted by molar-refractivity contribution is 7.91. The fraction of sp³-hybridized carbons (Fsp3) is 0.533. The van der Waals surface area contributed by atoms with Crippen molar-refractivity contribution < 1.29 is 17.6 Å². The Morgan fingerprint density at radius 2 is 1.91 bits per heavy atom. The summed E-state index contributed by atoms with van der Waals surface area (Å²) in [7, 11) is -1.44. The van der Waals surface area contributed by atoms with E-state index in [-0.39, 0.29) is 29.4 Å². The van der Waals surface area contributed by atoms with Crippen molar-refractivity contribution in [1.29, 1.82) is 0 Å². The van der Waals surface area contributed by atoms with Crippen molar-refractivity contribution in [3.63, 3.8) is 0 Å². The molecule has 1 unspecified atom stereocenters. The molecule has 7 heteroatoms. The first-order chi connectivity index (χ1) is 10.1. The van der Waals surface area contributed by atoms with Crippen LogP contribution in [0.4, 0.5) is 9.18 Å². The minimum absolute atomic E-state index is 0.00783. The maximum absolute atomic E-state index is 13.0. The second-order valence-corrected chi connectivity index (χ2v) is 8.46. The number of amides is 2. The van der Waals surface area contributed by atoms with E-state index in [1.54, 1.807) is 19.2 Å². The number of hydrogen-bond acceptors (Lipinski definition) is 3. The molecule has 1 N–H and O–H groups in total. The van der Waals surface area contributed by atoms with Gasteiger partial charge >= 0.3 is 6.03 Å². The maximum atomic E-state index is 13.0. The Morgan fingerprint density at radius 3 is 2.41 bits per heavy atom. The summed E-state index contributed by atoms with van der Waals surface area (Å²) >= 11 is 0. The van der Waals surface area contributed by atoms with Gasteiger partial charge in [-0.15, -0.1) is 0 Å². The smallest absolute Gasteiger partial charge is 0.318 e. The molecule has 2 amide bonds. The molecule has 0 bridgehead atoms. The SMILES string of the molecule is CN(C(=O)NC(C)(C)c1ccc(F)cc1)C1CCS(=O)(=O)C1. The van der Waals surface area contributed by atoms with Gasteiger partial charge in [0.2, 0.25) is 0 Å². The van der Waals surface area contributed by atoms with E-state index in [1.165, 1.54) is 17.0 Å². The highest BCUT2D eigenvalue weighted by Crippen LogP contribution is 2.22. The molecule has 1 atom stereocenters. The molecular formula is C15H21FN2O3S. The topological polar surface area (TPSA) is 66.5 Å². The number of nitrogens with one attached hydrogen (secondary N) is 1. The van der Waals surface area contributed by atoms with Gasteiger partial charge in [-0.25, -0.2) is 17.6 Å². The van der Waals surface area contributed by atoms with Gasteiger partial charge in [0.25, 0.3) is 0 Å². The van der Waals surface area contributed by atoms with Crippen molar-refractivity contribution in [2.45, 2.75) is 31.8 Å². The third-order valence-electron chi connectivity index (χ3n) is 4.06. The van der Waals surface area contributed by atoms with E-state index in [0.29, 0.717) is 6.42 Å². The average Bonchev–Trinajstić information content (AvgIpc) is 2.78. The molecule has 122 valence electrons. The Hall–Kier alpha value is -1.63. The van der Waals surface area contributed by atoms with E-state index in [1.807, 2.05) is 13.8 Å². The van der Waals surface area contributed by atoms with Gasteiger partial charge in [-0.3, -0.25) is 0 Å². The summed E-state index contributed by atoms with van der Waals surface area (Å²) in [5, 5.41) is 2.87. The lowest BCUT2D eigenvalue weighted by Crippen LogP contribution is -2.50. The molecule has 1 saturated heterocycles. The van der Waals surface area contributed by atoms with Gasteiger partial charge in [0.15, 0.2) is 9.84 Å². The summed E-state index contributed by atoms with van der Waals surface area (Å²) in [6.07, 6.45) is 0.462. The molecule has 1 aliphatic heterocycles. The molecule has 22 heavy (non-hydrogen) atoms. The molecule has 0 aromatic heterocycles. The molecule has 0 saturated carbocycles. The second-order valence-electron chi connectivity index (χ2n) is 6.23. The lowest BCUT2D eigenvalue weighted by atomic mass is 9.94. The first kappa shape index (κ1) is 16.7. The summed E-state index contributed by atoms with van der Waals surface area (Å²) in [6, 6.07) is 5.29. The molecule has 1 aromatic rings. The summed E-state index contributed by atoms with van der Waals surface area (Å²) in [5.41, 5.74) is 0.0889. The Labute approximate surface area is 130 Å². The third-order valence-corrected chi connectivity index (χ3v) is 5.81. The van der Waals surface area contributed by atoms with Crippen molar-refractivity contribution in [3.05, 3.63) is 35.6 Å². The van der Waals surface area contributed by atoms with Gasteiger partial charge in [-0.05, 0) is 38.0 Å². The summed E-state index contributed by atoms with van der Waals surface area (Å²) < 4.78 is 36.0. The van der Waals surface area contributed by atoms with Crippen LogP contribution in [0, 0.1) is 5.82 Å². The number of rotatable bonds is 3. The molecule has 1 heterocycles. The normalized spacial score (nSPS) is 20.6. The van der Waals surface area contributed by atoms with Crippen LogP contribution in [0.25, 0.3) is 0 Å². The van der Waals surface area contributed by atoms with Crippen LogP contribution in [0.3, 0.4) is 0 Å². The van der Waals surface area contributed by atoms with Crippen LogP contribution in [0.2, 0.25) is 0 Å². The number of hydrogen-bond donors (Lipinski definition) is 1. The Morgan fingerprint density at radius 1 is 1.32 bits per heavy atom. The highest BCUT2D eigenvalue weighted by atomic mass is 32.2. The lowest BCUT2D eigenvalue weighted by Gasteiger charge is -2.32. The molecule has 0 aliphatic carbocycles. The van der Waals surface area contributed by atoms with Gasteiger partial charge < -0.3 is 10.2 Å². The predicted octanol–water partition coefficient (Wildman–Crippen LogP) is 1.89. The number of carbonyl (C=O) groups excluding carboxylic acids is 1. The van der Waals surface area contributed by atoms with Crippen molar-refractivity contribution in [2.24, 2.45) is 0 Å². The number of halogens is 1. The van der Waals surface area contributed by atoms with Crippen molar-refractivity contribution in [2.75, 3.05) is 18.6 Å². The molecule has 1 aliphatic rings. The van der Waals surface area contributed by atoms with Crippen molar-refractivity contribution in [1.82, 2.24) is 10.2 Å². The van der Waals surface area contributed by atoms with E-state index in [2.05, 4.69) is 5.32 Å². The number of urea groups is 1. The summed E-state index contributed by atoms with van der Waals surface area (Å²) in [4.78, 5) is 13.8. The number of carbonyl (C=O) groups is 1. The first-order valence-electron chi connectivity index (χ1n) is 7.12. The van der Waals surface area contributed by atoms with Crippen LogP contribution < -0.4 is 5.32 Å². The van der Waals surface area contributed by atoms with Crippen LogP contribution in [0.5, 0.6) is 0 Å². The summed E-state index contributed by atoms with van der Waals surface area (Å²) in [5.74, 6) is -0.205. The highest BCUT2D eigenvalue weighted by Gasteiger charge is 2.34. The number of sulfone groups is 1. The van der Waals surface area contributed by atoms with E-state index in [4.69, 9.17) is 0 Å². The van der Waals surface area contributed by atoms with Gasteiger partial charge in [0, 0.05) is 13.1 Å². The zero-order valence-corrected chi connectivity index (χ0v) is 13.8. The van der Waals surface area contributed by atoms with Crippen LogP contribution in [-0.2, 0) is 15.4 Å². The standard InChI is InChI=1S/C15H21FN2O3S/c1-15(2,11-4-6-12(16)7-5-11)17-14(19)18(3)13-8-9-22(20,21)10-13/h4-7,13H,8-10H2,1-3H3,(H,17,19). The van der Waals surface area contributed by atoms with Crippen LogP contribution >= 0.6 is 0 Å². The molecule has 0 spiro atoms. The van der Waals surface area contributed by atoms with Crippen LogP contribution in [0.15, 0.2) is 24.3 Å². The predicted molar refractivity (Wildman–Crippen MR) is 82.8 cm³/mol. The molecule has 5 nitrogen and oxygen atoms in total. The Balaban J connectivity index is 2.05. The van der Waals surface area contributed by atoms with Gasteiger partial charge in [-0.1, -0.05) is 12.1 Å². The van der Waals surface area contributed by atoms with Gasteiger partial charge in [0.05, 0.1) is 17.0 Å². The van der Waals surface area contributed by atoms with Crippen LogP contribution in [0.1, 0.15) is 25.8 Å². The minimum Gasteiger partial charge on any atom is -0.329 e. The molecule has 1 fully saturated rings. The Bertz CT molecular complexity index is 656. The van der Waals surface area contributed by atoms with E-state index < -0.39 is 15.4 Å². The van der Waals surface area contributed by atoms with Crippen molar-refractivity contribution >= 4 is 15.9 Å². The van der Waals surface area contributed by atoms with Gasteiger partial charge in [-0.2, -0.15) is 0 Å².